The standard InChI is InChI=1S/C29H24N2O2/c1-17-8-13-22-21-6-5-7-23(27(21)33-28(22)31-17)24-14-19-15-25(32-26(19)16-30-24)18-9-11-20(12-10-18)29(2,3)4/h5-16H,1-4H3. The van der Waals surface area contributed by atoms with E-state index in [0.29, 0.717) is 5.71 Å². The molecule has 0 amide bonds. The quantitative estimate of drug-likeness (QED) is 0.278. The van der Waals surface area contributed by atoms with Gasteiger partial charge < -0.3 is 8.83 Å². The number of hydrogen-bond acceptors (Lipinski definition) is 4. The largest absolute Gasteiger partial charge is 0.454 e. The third-order valence-electron chi connectivity index (χ3n) is 6.22. The molecule has 0 spiro atoms. The molecule has 0 aliphatic carbocycles. The number of fused-ring (bicyclic) bond motifs is 4. The number of furan rings is 2. The third kappa shape index (κ3) is 3.30. The van der Waals surface area contributed by atoms with Crippen LogP contribution in [0.4, 0.5) is 0 Å². The first-order chi connectivity index (χ1) is 15.9. The SMILES string of the molecule is Cc1ccc2c(n1)oc1c(-c3cc4cc(-c5ccc(C(C)(C)C)cc5)oc4cn3)cccc12. The van der Waals surface area contributed by atoms with Crippen LogP contribution < -0.4 is 0 Å². The average molecular weight is 433 g/mol. The summed E-state index contributed by atoms with van der Waals surface area (Å²) >= 11 is 0. The first-order valence-electron chi connectivity index (χ1n) is 11.2. The van der Waals surface area contributed by atoms with Crippen molar-refractivity contribution in [2.24, 2.45) is 0 Å². The van der Waals surface area contributed by atoms with Gasteiger partial charge in [-0.2, -0.15) is 0 Å². The van der Waals surface area contributed by atoms with Crippen LogP contribution in [-0.4, -0.2) is 9.97 Å². The molecule has 162 valence electrons. The van der Waals surface area contributed by atoms with Crippen molar-refractivity contribution in [1.29, 1.82) is 0 Å². The predicted molar refractivity (Wildman–Crippen MR) is 133 cm³/mol. The number of hydrogen-bond donors (Lipinski definition) is 0. The monoisotopic (exact) mass is 432 g/mol. The van der Waals surface area contributed by atoms with Crippen LogP contribution in [0.3, 0.4) is 0 Å². The maximum absolute atomic E-state index is 6.17. The van der Waals surface area contributed by atoms with Gasteiger partial charge in [0.15, 0.2) is 5.58 Å². The highest BCUT2D eigenvalue weighted by molar-refractivity contribution is 6.08. The molecule has 0 aliphatic heterocycles. The Balaban J connectivity index is 1.44. The second-order valence-corrected chi connectivity index (χ2v) is 9.64. The van der Waals surface area contributed by atoms with Crippen molar-refractivity contribution in [1.82, 2.24) is 9.97 Å². The topological polar surface area (TPSA) is 52.1 Å². The highest BCUT2D eigenvalue weighted by Gasteiger charge is 2.16. The highest BCUT2D eigenvalue weighted by atomic mass is 16.3. The molecule has 4 heteroatoms. The average Bonchev–Trinajstić information content (AvgIpc) is 3.38. The van der Waals surface area contributed by atoms with Crippen molar-refractivity contribution in [2.75, 3.05) is 0 Å². The predicted octanol–water partition coefficient (Wildman–Crippen LogP) is 8.06. The number of aryl methyl sites for hydroxylation is 1. The van der Waals surface area contributed by atoms with E-state index in [1.165, 1.54) is 5.56 Å². The van der Waals surface area contributed by atoms with Gasteiger partial charge in [-0.25, -0.2) is 4.98 Å². The lowest BCUT2D eigenvalue weighted by molar-refractivity contribution is 0.590. The van der Waals surface area contributed by atoms with Crippen LogP contribution in [0.2, 0.25) is 0 Å². The Morgan fingerprint density at radius 1 is 0.818 bits per heavy atom. The van der Waals surface area contributed by atoms with Crippen LogP contribution in [0.25, 0.3) is 55.6 Å². The molecule has 6 aromatic rings. The van der Waals surface area contributed by atoms with Gasteiger partial charge in [-0.05, 0) is 48.2 Å². The van der Waals surface area contributed by atoms with Gasteiger partial charge in [-0.3, -0.25) is 4.98 Å². The van der Waals surface area contributed by atoms with Gasteiger partial charge >= 0.3 is 0 Å². The zero-order valence-corrected chi connectivity index (χ0v) is 19.1. The first-order valence-corrected chi connectivity index (χ1v) is 11.2. The zero-order chi connectivity index (χ0) is 22.7. The molecule has 0 unspecified atom stereocenters. The van der Waals surface area contributed by atoms with Crippen molar-refractivity contribution in [3.05, 3.63) is 84.2 Å². The second-order valence-electron chi connectivity index (χ2n) is 9.64. The number of nitrogens with zero attached hydrogens (tertiary/aromatic N) is 2. The maximum atomic E-state index is 6.17. The molecular weight excluding hydrogens is 408 g/mol. The summed E-state index contributed by atoms with van der Waals surface area (Å²) in [6, 6.07) is 22.9. The summed E-state index contributed by atoms with van der Waals surface area (Å²) in [6.07, 6.45) is 1.79. The highest BCUT2D eigenvalue weighted by Crippen LogP contribution is 2.36. The van der Waals surface area contributed by atoms with Crippen LogP contribution in [0.1, 0.15) is 32.0 Å². The molecule has 0 N–H and O–H groups in total. The molecule has 4 aromatic heterocycles. The second kappa shape index (κ2) is 7.04. The van der Waals surface area contributed by atoms with Gasteiger partial charge in [0.05, 0.1) is 11.9 Å². The fraction of sp³-hybridized carbons (Fsp3) is 0.172. The van der Waals surface area contributed by atoms with Crippen molar-refractivity contribution < 1.29 is 8.83 Å². The van der Waals surface area contributed by atoms with Crippen LogP contribution >= 0.6 is 0 Å². The molecule has 0 saturated heterocycles. The molecule has 0 aliphatic rings. The normalized spacial score (nSPS) is 12.2. The van der Waals surface area contributed by atoms with Crippen LogP contribution in [0.15, 0.2) is 81.8 Å². The van der Waals surface area contributed by atoms with Crippen LogP contribution in [0, 0.1) is 6.92 Å². The summed E-state index contributed by atoms with van der Waals surface area (Å²) in [7, 11) is 0. The molecule has 4 heterocycles. The van der Waals surface area contributed by atoms with Gasteiger partial charge in [0.1, 0.15) is 11.3 Å². The van der Waals surface area contributed by atoms with Crippen molar-refractivity contribution in [3.63, 3.8) is 0 Å². The van der Waals surface area contributed by atoms with Gasteiger partial charge in [-0.1, -0.05) is 57.2 Å². The molecule has 0 atom stereocenters. The lowest BCUT2D eigenvalue weighted by atomic mass is 9.86. The smallest absolute Gasteiger partial charge is 0.227 e. The molecule has 2 aromatic carbocycles. The fourth-order valence-electron chi connectivity index (χ4n) is 4.34. The maximum Gasteiger partial charge on any atom is 0.227 e. The Hall–Kier alpha value is -3.92. The molecular formula is C29H24N2O2. The van der Waals surface area contributed by atoms with Gasteiger partial charge in [0.2, 0.25) is 5.71 Å². The van der Waals surface area contributed by atoms with Gasteiger partial charge in [0.25, 0.3) is 0 Å². The van der Waals surface area contributed by atoms with Crippen LogP contribution in [-0.2, 0) is 5.41 Å². The number of rotatable bonds is 2. The molecule has 0 fully saturated rings. The minimum absolute atomic E-state index is 0.122. The lowest BCUT2D eigenvalue weighted by Gasteiger charge is -2.18. The van der Waals surface area contributed by atoms with E-state index in [1.54, 1.807) is 6.20 Å². The number of pyridine rings is 2. The Kier molecular flexibility index (Phi) is 4.21. The zero-order valence-electron chi connectivity index (χ0n) is 19.1. The molecule has 4 nitrogen and oxygen atoms in total. The number of benzene rings is 2. The van der Waals surface area contributed by atoms with E-state index < -0.39 is 0 Å². The van der Waals surface area contributed by atoms with E-state index in [0.717, 1.165) is 55.6 Å². The summed E-state index contributed by atoms with van der Waals surface area (Å²) < 4.78 is 12.3. The van der Waals surface area contributed by atoms with E-state index >= 15 is 0 Å². The Labute approximate surface area is 191 Å². The van der Waals surface area contributed by atoms with Gasteiger partial charge in [0, 0.05) is 33.0 Å². The number of para-hydroxylation sites is 1. The molecule has 33 heavy (non-hydrogen) atoms. The molecule has 6 rings (SSSR count). The van der Waals surface area contributed by atoms with Crippen LogP contribution in [0.5, 0.6) is 0 Å². The number of aromatic nitrogens is 2. The Morgan fingerprint density at radius 2 is 1.64 bits per heavy atom. The minimum atomic E-state index is 0.122. The first kappa shape index (κ1) is 19.7. The van der Waals surface area contributed by atoms with E-state index in [9.17, 15) is 0 Å². The van der Waals surface area contributed by atoms with E-state index in [2.05, 4.69) is 74.3 Å². The van der Waals surface area contributed by atoms with E-state index in [4.69, 9.17) is 13.8 Å². The van der Waals surface area contributed by atoms with E-state index in [1.807, 2.05) is 25.1 Å². The molecule has 0 saturated carbocycles. The fourth-order valence-corrected chi connectivity index (χ4v) is 4.34. The van der Waals surface area contributed by atoms with Gasteiger partial charge in [-0.15, -0.1) is 0 Å². The summed E-state index contributed by atoms with van der Waals surface area (Å²) in [5, 5.41) is 3.07. The van der Waals surface area contributed by atoms with Crippen molar-refractivity contribution >= 4 is 33.0 Å². The Bertz CT molecular complexity index is 1650. The third-order valence-corrected chi connectivity index (χ3v) is 6.22. The van der Waals surface area contributed by atoms with E-state index in [-0.39, 0.29) is 5.41 Å². The molecule has 0 bridgehead atoms. The summed E-state index contributed by atoms with van der Waals surface area (Å²) in [5.41, 5.74) is 7.43. The van der Waals surface area contributed by atoms with Crippen molar-refractivity contribution in [2.45, 2.75) is 33.1 Å². The minimum Gasteiger partial charge on any atom is -0.454 e. The Morgan fingerprint density at radius 3 is 2.42 bits per heavy atom. The summed E-state index contributed by atoms with van der Waals surface area (Å²) in [5.74, 6) is 0.839. The lowest BCUT2D eigenvalue weighted by Crippen LogP contribution is -2.10. The summed E-state index contributed by atoms with van der Waals surface area (Å²) in [6.45, 7) is 8.62. The van der Waals surface area contributed by atoms with Crippen molar-refractivity contribution in [3.8, 4) is 22.6 Å². The molecule has 0 radical (unpaired) electrons. The summed E-state index contributed by atoms with van der Waals surface area (Å²) in [4.78, 5) is 9.25.